The molecule has 0 radical (unpaired) electrons. The summed E-state index contributed by atoms with van der Waals surface area (Å²) in [4.78, 5) is 27.6. The van der Waals surface area contributed by atoms with Crippen molar-refractivity contribution in [1.82, 2.24) is 19.9 Å². The first kappa shape index (κ1) is 29.8. The van der Waals surface area contributed by atoms with Crippen molar-refractivity contribution in [3.8, 4) is 11.5 Å². The van der Waals surface area contributed by atoms with Crippen LogP contribution in [0.2, 0.25) is 5.02 Å². The van der Waals surface area contributed by atoms with Crippen molar-refractivity contribution in [2.75, 3.05) is 44.0 Å². The quantitative estimate of drug-likeness (QED) is 0.150. The second kappa shape index (κ2) is 14.0. The predicted molar refractivity (Wildman–Crippen MR) is 171 cm³/mol. The van der Waals surface area contributed by atoms with Gasteiger partial charge in [0.25, 0.3) is 0 Å². The van der Waals surface area contributed by atoms with E-state index in [2.05, 4.69) is 43.6 Å². The fourth-order valence-electron chi connectivity index (χ4n) is 5.45. The molecule has 6 rings (SSSR count). The van der Waals surface area contributed by atoms with Crippen LogP contribution in [-0.2, 0) is 16.1 Å². The standard InChI is InChI=1S/C33H35ClN6O4/c1-40-13-4-6-25(40)15-22(18-41)17-36-29-9-8-28-31(32(29)44-26-11-14-42-20-26)33(38-21-37-28)39-23-7-10-30(27(34)16-23)43-19-24-5-2-3-12-35-24/h2-3,5,7-10,12,15-16,18,21,25-26,36H,4,6,11,13-14,17,19-20H2,1H3,(H,37,38,39)/b22-15-/t25-,26?/m1/s1. The van der Waals surface area contributed by atoms with E-state index in [4.69, 9.17) is 25.8 Å². The van der Waals surface area contributed by atoms with Crippen LogP contribution in [0.4, 0.5) is 17.2 Å². The Morgan fingerprint density at radius 3 is 2.84 bits per heavy atom. The molecule has 2 aliphatic rings. The molecule has 0 bridgehead atoms. The van der Waals surface area contributed by atoms with E-state index in [1.807, 2.05) is 42.5 Å². The van der Waals surface area contributed by atoms with Crippen molar-refractivity contribution in [2.45, 2.75) is 38.0 Å². The van der Waals surface area contributed by atoms with Gasteiger partial charge in [-0.2, -0.15) is 0 Å². The van der Waals surface area contributed by atoms with Gasteiger partial charge in [-0.1, -0.05) is 23.7 Å². The number of benzene rings is 2. The number of ether oxygens (including phenoxy) is 3. The number of hydrogen-bond acceptors (Lipinski definition) is 10. The van der Waals surface area contributed by atoms with Gasteiger partial charge >= 0.3 is 0 Å². The summed E-state index contributed by atoms with van der Waals surface area (Å²) < 4.78 is 18.0. The summed E-state index contributed by atoms with van der Waals surface area (Å²) in [6.45, 7) is 2.84. The number of fused-ring (bicyclic) bond motifs is 1. The average molecular weight is 615 g/mol. The van der Waals surface area contributed by atoms with Crippen molar-refractivity contribution in [1.29, 1.82) is 0 Å². The number of halogens is 1. The van der Waals surface area contributed by atoms with Crippen molar-refractivity contribution in [2.24, 2.45) is 0 Å². The Morgan fingerprint density at radius 2 is 2.09 bits per heavy atom. The van der Waals surface area contributed by atoms with Gasteiger partial charge in [-0.3, -0.25) is 14.7 Å². The molecule has 4 aromatic rings. The molecule has 0 saturated carbocycles. The van der Waals surface area contributed by atoms with Gasteiger partial charge in [0, 0.05) is 36.5 Å². The van der Waals surface area contributed by atoms with Crippen molar-refractivity contribution < 1.29 is 19.0 Å². The van der Waals surface area contributed by atoms with Crippen molar-refractivity contribution in [3.05, 3.63) is 83.4 Å². The number of anilines is 3. The van der Waals surface area contributed by atoms with E-state index in [1.165, 1.54) is 6.33 Å². The highest BCUT2D eigenvalue weighted by Crippen LogP contribution is 2.40. The first-order valence-electron chi connectivity index (χ1n) is 14.8. The van der Waals surface area contributed by atoms with Crippen LogP contribution < -0.4 is 20.1 Å². The monoisotopic (exact) mass is 614 g/mol. The molecule has 2 aliphatic heterocycles. The Balaban J connectivity index is 1.27. The van der Waals surface area contributed by atoms with E-state index < -0.39 is 0 Å². The number of hydrogen-bond donors (Lipinski definition) is 2. The summed E-state index contributed by atoms with van der Waals surface area (Å²) in [5, 5.41) is 8.00. The van der Waals surface area contributed by atoms with E-state index >= 15 is 0 Å². The van der Waals surface area contributed by atoms with Gasteiger partial charge in [0.1, 0.15) is 36.9 Å². The number of likely N-dealkylation sites (tertiary alicyclic amines) is 1. The highest BCUT2D eigenvalue weighted by molar-refractivity contribution is 6.32. The number of carbonyl (C=O) groups excluding carboxylic acids is 1. The lowest BCUT2D eigenvalue weighted by atomic mass is 10.1. The Kier molecular flexibility index (Phi) is 9.50. The molecule has 2 aromatic heterocycles. The van der Waals surface area contributed by atoms with E-state index in [9.17, 15) is 4.79 Å². The lowest BCUT2D eigenvalue weighted by molar-refractivity contribution is -0.104. The number of rotatable bonds is 12. The van der Waals surface area contributed by atoms with Gasteiger partial charge in [0.15, 0.2) is 5.75 Å². The van der Waals surface area contributed by atoms with Gasteiger partial charge in [0.2, 0.25) is 0 Å². The molecule has 228 valence electrons. The van der Waals surface area contributed by atoms with Crippen LogP contribution in [0.15, 0.2) is 72.7 Å². The number of nitrogens with one attached hydrogen (secondary N) is 2. The third-order valence-electron chi connectivity index (χ3n) is 7.84. The molecule has 2 aromatic carbocycles. The van der Waals surface area contributed by atoms with Crippen LogP contribution in [0.25, 0.3) is 10.9 Å². The lowest BCUT2D eigenvalue weighted by Gasteiger charge is -2.21. The Hall–Kier alpha value is -4.25. The minimum absolute atomic E-state index is 0.118. The normalized spacial score (nSPS) is 18.8. The van der Waals surface area contributed by atoms with Gasteiger partial charge in [-0.25, -0.2) is 9.97 Å². The SMILES string of the molecule is CN1CCC[C@@H]1/C=C(\C=O)CNc1ccc2ncnc(Nc3ccc(OCc4ccccn4)c(Cl)c3)c2c1OC1CCOC1. The number of aromatic nitrogens is 3. The smallest absolute Gasteiger partial charge is 0.156 e. The highest BCUT2D eigenvalue weighted by Gasteiger charge is 2.23. The van der Waals surface area contributed by atoms with Gasteiger partial charge in [0.05, 0.1) is 40.5 Å². The summed E-state index contributed by atoms with van der Waals surface area (Å²) in [6, 6.07) is 15.3. The number of nitrogens with zero attached hydrogens (tertiary/aromatic N) is 4. The third-order valence-corrected chi connectivity index (χ3v) is 8.14. The zero-order valence-electron chi connectivity index (χ0n) is 24.5. The molecule has 10 nitrogen and oxygen atoms in total. The zero-order chi connectivity index (χ0) is 30.3. The average Bonchev–Trinajstić information content (AvgIpc) is 3.71. The summed E-state index contributed by atoms with van der Waals surface area (Å²) in [6.07, 6.45) is 9.06. The zero-order valence-corrected chi connectivity index (χ0v) is 25.3. The van der Waals surface area contributed by atoms with E-state index in [0.717, 1.165) is 49.2 Å². The summed E-state index contributed by atoms with van der Waals surface area (Å²) in [5.41, 5.74) is 3.68. The Bertz CT molecular complexity index is 1630. The molecule has 1 unspecified atom stereocenters. The maximum absolute atomic E-state index is 12.0. The molecule has 11 heteroatoms. The van der Waals surface area contributed by atoms with E-state index in [1.54, 1.807) is 12.3 Å². The fourth-order valence-corrected chi connectivity index (χ4v) is 5.68. The molecule has 44 heavy (non-hydrogen) atoms. The van der Waals surface area contributed by atoms with Crippen LogP contribution in [0.1, 0.15) is 25.0 Å². The topological polar surface area (TPSA) is 111 Å². The summed E-state index contributed by atoms with van der Waals surface area (Å²) in [7, 11) is 2.09. The molecule has 2 fully saturated rings. The second-order valence-electron chi connectivity index (χ2n) is 10.9. The van der Waals surface area contributed by atoms with Crippen LogP contribution >= 0.6 is 11.6 Å². The number of pyridine rings is 1. The van der Waals surface area contributed by atoms with Gasteiger partial charge in [-0.15, -0.1) is 0 Å². The molecule has 2 saturated heterocycles. The Labute approximate surface area is 261 Å². The van der Waals surface area contributed by atoms with Gasteiger partial charge < -0.3 is 24.8 Å². The predicted octanol–water partition coefficient (Wildman–Crippen LogP) is 5.80. The maximum atomic E-state index is 12.0. The highest BCUT2D eigenvalue weighted by atomic mass is 35.5. The van der Waals surface area contributed by atoms with Crippen molar-refractivity contribution in [3.63, 3.8) is 0 Å². The van der Waals surface area contributed by atoms with Gasteiger partial charge in [-0.05, 0) is 68.9 Å². The third kappa shape index (κ3) is 7.10. The van der Waals surface area contributed by atoms with Crippen LogP contribution in [-0.4, -0.2) is 71.6 Å². The minimum atomic E-state index is -0.118. The number of aldehydes is 1. The van der Waals surface area contributed by atoms with E-state index in [-0.39, 0.29) is 12.1 Å². The lowest BCUT2D eigenvalue weighted by Crippen LogP contribution is -2.24. The van der Waals surface area contributed by atoms with Crippen LogP contribution in [0.5, 0.6) is 11.5 Å². The molecule has 2 N–H and O–H groups in total. The summed E-state index contributed by atoms with van der Waals surface area (Å²) >= 11 is 6.60. The second-order valence-corrected chi connectivity index (χ2v) is 11.4. The number of carbonyl (C=O) groups is 1. The molecule has 0 aliphatic carbocycles. The minimum Gasteiger partial charge on any atom is -0.486 e. The van der Waals surface area contributed by atoms with Crippen LogP contribution in [0, 0.1) is 0 Å². The fraction of sp³-hybridized carbons (Fsp3) is 0.333. The first-order valence-corrected chi connectivity index (χ1v) is 15.2. The molecule has 0 amide bonds. The molecular formula is C33H35ClN6O4. The number of likely N-dealkylation sites (N-methyl/N-ethyl adjacent to an activating group) is 1. The van der Waals surface area contributed by atoms with Crippen molar-refractivity contribution >= 4 is 46.0 Å². The molecule has 0 spiro atoms. The van der Waals surface area contributed by atoms with Crippen LogP contribution in [0.3, 0.4) is 0 Å². The Morgan fingerprint density at radius 1 is 1.16 bits per heavy atom. The first-order chi connectivity index (χ1) is 21.6. The summed E-state index contributed by atoms with van der Waals surface area (Å²) in [5.74, 6) is 1.71. The molecular weight excluding hydrogens is 580 g/mol. The molecule has 2 atom stereocenters. The molecule has 4 heterocycles. The largest absolute Gasteiger partial charge is 0.486 e. The van der Waals surface area contributed by atoms with E-state index in [0.29, 0.717) is 65.2 Å². The maximum Gasteiger partial charge on any atom is 0.156 e.